The van der Waals surface area contributed by atoms with Gasteiger partial charge in [0.25, 0.3) is 6.43 Å². The normalized spacial score (nSPS) is 21.5. The van der Waals surface area contributed by atoms with Crippen molar-refractivity contribution in [3.63, 3.8) is 0 Å². The second-order valence-corrected chi connectivity index (χ2v) is 9.28. The Balaban J connectivity index is 1.27. The van der Waals surface area contributed by atoms with E-state index in [2.05, 4.69) is 30.3 Å². The van der Waals surface area contributed by atoms with E-state index in [4.69, 9.17) is 10.5 Å². The number of pyridine rings is 1. The van der Waals surface area contributed by atoms with Crippen LogP contribution in [0.2, 0.25) is 0 Å². The largest absolute Gasteiger partial charge is 0.382 e. The van der Waals surface area contributed by atoms with Crippen molar-refractivity contribution in [2.45, 2.75) is 44.6 Å². The maximum Gasteiger partial charge on any atom is 0.256 e. The lowest BCUT2D eigenvalue weighted by atomic mass is 10.0. The number of imidazole rings is 1. The van der Waals surface area contributed by atoms with Crippen LogP contribution in [0.3, 0.4) is 0 Å². The molecule has 0 saturated carbocycles. The smallest absolute Gasteiger partial charge is 0.256 e. The van der Waals surface area contributed by atoms with Gasteiger partial charge in [0.15, 0.2) is 11.5 Å². The summed E-state index contributed by atoms with van der Waals surface area (Å²) in [5.41, 5.74) is 8.93. The third-order valence-electron chi connectivity index (χ3n) is 6.94. The summed E-state index contributed by atoms with van der Waals surface area (Å²) >= 11 is 0. The molecular formula is C23H26F3N9O. The molecule has 3 N–H and O–H groups in total. The van der Waals surface area contributed by atoms with Gasteiger partial charge in [-0.1, -0.05) is 0 Å². The van der Waals surface area contributed by atoms with Gasteiger partial charge in [-0.05, 0) is 31.5 Å². The molecule has 0 aromatic carbocycles. The predicted octanol–water partition coefficient (Wildman–Crippen LogP) is 2.52. The molecule has 13 heteroatoms. The summed E-state index contributed by atoms with van der Waals surface area (Å²) in [6, 6.07) is 5.17. The van der Waals surface area contributed by atoms with Crippen molar-refractivity contribution in [3.05, 3.63) is 30.2 Å². The molecule has 2 fully saturated rings. The number of likely N-dealkylation sites (tertiary alicyclic amines) is 1. The zero-order chi connectivity index (χ0) is 25.0. The van der Waals surface area contributed by atoms with E-state index in [9.17, 15) is 13.2 Å². The molecule has 4 aromatic heterocycles. The van der Waals surface area contributed by atoms with E-state index < -0.39 is 25.2 Å². The zero-order valence-electron chi connectivity index (χ0n) is 19.6. The maximum absolute atomic E-state index is 14.9. The molecular weight excluding hydrogens is 475 g/mol. The number of ether oxygens (including phenoxy) is 1. The van der Waals surface area contributed by atoms with E-state index in [-0.39, 0.29) is 11.8 Å². The summed E-state index contributed by atoms with van der Waals surface area (Å²) in [4.78, 5) is 15.4. The molecule has 2 atom stereocenters. The number of aryl methyl sites for hydroxylation is 1. The molecule has 0 aliphatic carbocycles. The number of piperidine rings is 1. The summed E-state index contributed by atoms with van der Waals surface area (Å²) in [5.74, 6) is 0.906. The minimum absolute atomic E-state index is 0.200. The number of fused-ring (bicyclic) bond motifs is 2. The Morgan fingerprint density at radius 1 is 1.19 bits per heavy atom. The molecule has 190 valence electrons. The number of aromatic nitrogens is 6. The quantitative estimate of drug-likeness (QED) is 0.415. The van der Waals surface area contributed by atoms with Crippen molar-refractivity contribution in [1.82, 2.24) is 34.0 Å². The van der Waals surface area contributed by atoms with Gasteiger partial charge in [0.1, 0.15) is 23.0 Å². The van der Waals surface area contributed by atoms with Gasteiger partial charge in [-0.3, -0.25) is 4.90 Å². The topological polar surface area (TPSA) is 111 Å². The lowest BCUT2D eigenvalue weighted by Crippen LogP contribution is -2.57. The van der Waals surface area contributed by atoms with Gasteiger partial charge in [-0.2, -0.15) is 4.98 Å². The Hall–Kier alpha value is -3.45. The van der Waals surface area contributed by atoms with Crippen LogP contribution in [0.4, 0.5) is 24.9 Å². The Morgan fingerprint density at radius 3 is 2.75 bits per heavy atom. The van der Waals surface area contributed by atoms with E-state index in [0.29, 0.717) is 66.0 Å². The first kappa shape index (κ1) is 23.0. The number of nitrogen functional groups attached to an aromatic ring is 1. The number of alkyl halides is 3. The van der Waals surface area contributed by atoms with Crippen LogP contribution in [0.25, 0.3) is 27.9 Å². The van der Waals surface area contributed by atoms with Gasteiger partial charge < -0.3 is 20.4 Å². The van der Waals surface area contributed by atoms with Crippen LogP contribution >= 0.6 is 0 Å². The highest BCUT2D eigenvalue weighted by atomic mass is 19.3. The highest BCUT2D eigenvalue weighted by Crippen LogP contribution is 2.30. The molecule has 4 aromatic rings. The number of nitrogens with one attached hydrogen (secondary N) is 1. The van der Waals surface area contributed by atoms with Crippen molar-refractivity contribution in [1.29, 1.82) is 0 Å². The van der Waals surface area contributed by atoms with Crippen molar-refractivity contribution in [2.75, 3.05) is 37.4 Å². The first-order chi connectivity index (χ1) is 17.4. The van der Waals surface area contributed by atoms with Crippen LogP contribution in [-0.4, -0.2) is 85.0 Å². The van der Waals surface area contributed by atoms with E-state index >= 15 is 0 Å². The number of nitrogens with zero attached hydrogens (tertiary/aromatic N) is 7. The maximum atomic E-state index is 14.9. The van der Waals surface area contributed by atoms with Gasteiger partial charge in [0.2, 0.25) is 5.95 Å². The molecule has 2 aliphatic rings. The lowest BCUT2D eigenvalue weighted by Gasteiger charge is -2.42. The fraction of sp³-hybridized carbons (Fsp3) is 0.478. The number of rotatable bonds is 6. The summed E-state index contributed by atoms with van der Waals surface area (Å²) in [7, 11) is 0. The minimum Gasteiger partial charge on any atom is -0.382 e. The van der Waals surface area contributed by atoms with Gasteiger partial charge in [0.05, 0.1) is 37.5 Å². The minimum atomic E-state index is -2.53. The summed E-state index contributed by atoms with van der Waals surface area (Å²) in [5, 5.41) is 7.59. The molecule has 2 saturated heterocycles. The first-order valence-electron chi connectivity index (χ1n) is 11.9. The SMILES string of the molecule is Cc1nc2ccc(-c3ccn4nc(N[C@@H]5CCN(C6COC6)C[C@@H]5F)nc(N)c34)nc2n1CC(F)F. The molecule has 0 amide bonds. The van der Waals surface area contributed by atoms with Crippen LogP contribution in [-0.2, 0) is 11.3 Å². The molecule has 0 spiro atoms. The Labute approximate surface area is 204 Å². The zero-order valence-corrected chi connectivity index (χ0v) is 19.6. The lowest BCUT2D eigenvalue weighted by molar-refractivity contribution is -0.0794. The Bertz CT molecular complexity index is 1420. The average Bonchev–Trinajstić information content (AvgIpc) is 3.35. The van der Waals surface area contributed by atoms with E-state index in [1.165, 1.54) is 4.57 Å². The summed E-state index contributed by atoms with van der Waals surface area (Å²) in [6.07, 6.45) is -1.27. The number of hydrogen-bond acceptors (Lipinski definition) is 8. The van der Waals surface area contributed by atoms with Crippen LogP contribution in [0.1, 0.15) is 12.2 Å². The fourth-order valence-corrected chi connectivity index (χ4v) is 4.96. The summed E-state index contributed by atoms with van der Waals surface area (Å²) < 4.78 is 49.3. The number of halogens is 3. The van der Waals surface area contributed by atoms with Crippen molar-refractivity contribution < 1.29 is 17.9 Å². The highest BCUT2D eigenvalue weighted by Gasteiger charge is 2.35. The first-order valence-corrected chi connectivity index (χ1v) is 11.9. The van der Waals surface area contributed by atoms with Crippen molar-refractivity contribution in [2.24, 2.45) is 0 Å². The van der Waals surface area contributed by atoms with Crippen LogP contribution in [0, 0.1) is 6.92 Å². The van der Waals surface area contributed by atoms with Gasteiger partial charge in [0, 0.05) is 24.8 Å². The third-order valence-corrected chi connectivity index (χ3v) is 6.94. The third kappa shape index (κ3) is 4.01. The monoisotopic (exact) mass is 501 g/mol. The van der Waals surface area contributed by atoms with Crippen LogP contribution < -0.4 is 11.1 Å². The molecule has 0 radical (unpaired) electrons. The molecule has 0 unspecified atom stereocenters. The van der Waals surface area contributed by atoms with Gasteiger partial charge >= 0.3 is 0 Å². The van der Waals surface area contributed by atoms with Crippen LogP contribution in [0.15, 0.2) is 24.4 Å². The van der Waals surface area contributed by atoms with E-state index in [1.54, 1.807) is 35.8 Å². The summed E-state index contributed by atoms with van der Waals surface area (Å²) in [6.45, 7) is 3.62. The molecule has 10 nitrogen and oxygen atoms in total. The second-order valence-electron chi connectivity index (χ2n) is 9.28. The molecule has 2 aliphatic heterocycles. The van der Waals surface area contributed by atoms with Crippen molar-refractivity contribution in [3.8, 4) is 11.3 Å². The van der Waals surface area contributed by atoms with E-state index in [1.807, 2.05) is 0 Å². The number of nitrogens with two attached hydrogens (primary N) is 1. The highest BCUT2D eigenvalue weighted by molar-refractivity contribution is 5.88. The molecule has 0 bridgehead atoms. The molecule has 6 rings (SSSR count). The number of anilines is 2. The Morgan fingerprint density at radius 2 is 2.03 bits per heavy atom. The predicted molar refractivity (Wildman–Crippen MR) is 128 cm³/mol. The van der Waals surface area contributed by atoms with E-state index in [0.717, 1.165) is 6.54 Å². The molecule has 36 heavy (non-hydrogen) atoms. The van der Waals surface area contributed by atoms with Crippen LogP contribution in [0.5, 0.6) is 0 Å². The van der Waals surface area contributed by atoms with Crippen molar-refractivity contribution >= 4 is 28.4 Å². The number of hydrogen-bond donors (Lipinski definition) is 2. The van der Waals surface area contributed by atoms with Gasteiger partial charge in [-0.25, -0.2) is 27.7 Å². The average molecular weight is 502 g/mol. The fourth-order valence-electron chi connectivity index (χ4n) is 4.96. The standard InChI is InChI=1S/C23H26F3N9O/c1-12-28-18-3-2-16(29-22(18)34(12)9-19(25)26)14-4-7-35-20(14)21(27)31-23(32-35)30-17-5-6-33(8-15(17)24)13-10-36-11-13/h2-4,7,13,15,17,19H,5-6,8-11H2,1H3,(H3,27,30,31,32)/t15-,17+/m0/s1. The Kier molecular flexibility index (Phi) is 5.67. The second kappa shape index (κ2) is 8.89. The molecule has 6 heterocycles. The van der Waals surface area contributed by atoms with Gasteiger partial charge in [-0.15, -0.1) is 5.10 Å².